The summed E-state index contributed by atoms with van der Waals surface area (Å²) in [4.78, 5) is 20.2. The van der Waals surface area contributed by atoms with Crippen molar-refractivity contribution in [2.75, 3.05) is 11.9 Å². The molecule has 172 valence electrons. The minimum atomic E-state index is -0.410. The zero-order valence-corrected chi connectivity index (χ0v) is 19.5. The fraction of sp³-hybridized carbons (Fsp3) is 0.120. The first-order valence-electron chi connectivity index (χ1n) is 10.6. The molecule has 0 fully saturated rings. The number of benzene rings is 2. The Balaban J connectivity index is 1.34. The molecule has 0 atom stereocenters. The van der Waals surface area contributed by atoms with Crippen molar-refractivity contribution in [1.82, 2.24) is 14.3 Å². The molecule has 0 bridgehead atoms. The van der Waals surface area contributed by atoms with Crippen molar-refractivity contribution in [2.45, 2.75) is 13.0 Å². The second-order valence-electron chi connectivity index (χ2n) is 7.70. The number of thiazole rings is 1. The summed E-state index contributed by atoms with van der Waals surface area (Å²) in [6.45, 7) is 0.726. The van der Waals surface area contributed by atoms with Gasteiger partial charge in [-0.2, -0.15) is 0 Å². The molecule has 0 radical (unpaired) electrons. The van der Waals surface area contributed by atoms with Crippen molar-refractivity contribution >= 4 is 39.6 Å². The van der Waals surface area contributed by atoms with E-state index in [0.717, 1.165) is 21.9 Å². The number of rotatable bonds is 7. The average Bonchev–Trinajstić information content (AvgIpc) is 3.55. The topological polar surface area (TPSA) is 62.8 Å². The third-order valence-corrected chi connectivity index (χ3v) is 6.49. The highest BCUT2D eigenvalue weighted by Crippen LogP contribution is 2.25. The van der Waals surface area contributed by atoms with Crippen molar-refractivity contribution in [3.8, 4) is 11.3 Å². The molecule has 0 aliphatic carbocycles. The van der Waals surface area contributed by atoms with E-state index in [1.165, 1.54) is 12.1 Å². The van der Waals surface area contributed by atoms with E-state index in [1.54, 1.807) is 40.7 Å². The van der Waals surface area contributed by atoms with Crippen LogP contribution < -0.4 is 5.32 Å². The lowest BCUT2D eigenvalue weighted by molar-refractivity contribution is 0.204. The van der Waals surface area contributed by atoms with Gasteiger partial charge in [0.15, 0.2) is 4.96 Å². The van der Waals surface area contributed by atoms with Crippen molar-refractivity contribution in [2.24, 2.45) is 0 Å². The summed E-state index contributed by atoms with van der Waals surface area (Å²) in [5, 5.41) is 5.50. The number of halogens is 2. The Labute approximate surface area is 204 Å². The SMILES string of the molecule is O=C(Nc1cccc(F)c1)N(CCc1csc2nc(-c3ccc(Cl)cc3)cn12)Cc1ccco1. The third kappa shape index (κ3) is 4.98. The summed E-state index contributed by atoms with van der Waals surface area (Å²) < 4.78 is 21.0. The molecular formula is C25H20ClFN4O2S. The number of carbonyl (C=O) groups is 1. The van der Waals surface area contributed by atoms with Gasteiger partial charge in [-0.05, 0) is 42.5 Å². The van der Waals surface area contributed by atoms with Gasteiger partial charge < -0.3 is 14.6 Å². The van der Waals surface area contributed by atoms with Crippen molar-refractivity contribution in [3.05, 3.63) is 101 Å². The fourth-order valence-electron chi connectivity index (χ4n) is 3.63. The van der Waals surface area contributed by atoms with E-state index >= 15 is 0 Å². The molecular weight excluding hydrogens is 475 g/mol. The first-order valence-corrected chi connectivity index (χ1v) is 11.9. The quantitative estimate of drug-likeness (QED) is 0.273. The second kappa shape index (κ2) is 9.70. The number of nitrogens with zero attached hydrogens (tertiary/aromatic N) is 3. The lowest BCUT2D eigenvalue weighted by atomic mass is 10.2. The standard InChI is InChI=1S/C25H20ClFN4O2S/c26-18-8-6-17(7-9-18)23-15-31-21(16-34-25(31)29-23)10-11-30(14-22-5-2-12-33-22)24(32)28-20-4-1-3-19(27)13-20/h1-9,12-13,15-16H,10-11,14H2,(H,28,32). The van der Waals surface area contributed by atoms with Gasteiger partial charge in [0.05, 0.1) is 18.5 Å². The number of hydrogen-bond acceptors (Lipinski definition) is 4. The Morgan fingerprint density at radius 2 is 2.03 bits per heavy atom. The Morgan fingerprint density at radius 3 is 2.79 bits per heavy atom. The van der Waals surface area contributed by atoms with E-state index in [2.05, 4.69) is 5.32 Å². The normalized spacial score (nSPS) is 11.1. The predicted octanol–water partition coefficient (Wildman–Crippen LogP) is 6.73. The number of anilines is 1. The van der Waals surface area contributed by atoms with Crippen LogP contribution in [0.2, 0.25) is 5.02 Å². The molecule has 0 saturated carbocycles. The molecule has 2 aromatic carbocycles. The second-order valence-corrected chi connectivity index (χ2v) is 8.98. The maximum atomic E-state index is 13.6. The monoisotopic (exact) mass is 494 g/mol. The Morgan fingerprint density at radius 1 is 1.18 bits per heavy atom. The smallest absolute Gasteiger partial charge is 0.322 e. The van der Waals surface area contributed by atoms with Crippen LogP contribution in [0, 0.1) is 5.82 Å². The van der Waals surface area contributed by atoms with E-state index < -0.39 is 5.82 Å². The van der Waals surface area contributed by atoms with Crippen molar-refractivity contribution < 1.29 is 13.6 Å². The lowest BCUT2D eigenvalue weighted by Gasteiger charge is -2.22. The zero-order chi connectivity index (χ0) is 23.5. The molecule has 9 heteroatoms. The van der Waals surface area contributed by atoms with Crippen LogP contribution >= 0.6 is 22.9 Å². The highest BCUT2D eigenvalue weighted by Gasteiger charge is 2.18. The van der Waals surface area contributed by atoms with Crippen LogP contribution in [0.25, 0.3) is 16.2 Å². The number of imidazole rings is 1. The van der Waals surface area contributed by atoms with Gasteiger partial charge in [-0.25, -0.2) is 14.2 Å². The number of amides is 2. The highest BCUT2D eigenvalue weighted by molar-refractivity contribution is 7.15. The fourth-order valence-corrected chi connectivity index (χ4v) is 4.66. The van der Waals surface area contributed by atoms with E-state index in [1.807, 2.05) is 46.3 Å². The van der Waals surface area contributed by atoms with Gasteiger partial charge in [0, 0.05) is 46.5 Å². The summed E-state index contributed by atoms with van der Waals surface area (Å²) >= 11 is 7.55. The van der Waals surface area contributed by atoms with Gasteiger partial charge >= 0.3 is 6.03 Å². The molecule has 34 heavy (non-hydrogen) atoms. The maximum Gasteiger partial charge on any atom is 0.322 e. The molecule has 3 heterocycles. The minimum absolute atomic E-state index is 0.293. The average molecular weight is 495 g/mol. The molecule has 0 aliphatic heterocycles. The Kier molecular flexibility index (Phi) is 6.33. The van der Waals surface area contributed by atoms with Crippen LogP contribution in [0.4, 0.5) is 14.9 Å². The number of carbonyl (C=O) groups excluding carboxylic acids is 1. The van der Waals surface area contributed by atoms with E-state index in [9.17, 15) is 9.18 Å². The molecule has 0 saturated heterocycles. The van der Waals surface area contributed by atoms with Gasteiger partial charge in [0.25, 0.3) is 0 Å². The lowest BCUT2D eigenvalue weighted by Crippen LogP contribution is -2.36. The number of nitrogens with one attached hydrogen (secondary N) is 1. The van der Waals surface area contributed by atoms with Gasteiger partial charge in [0.2, 0.25) is 0 Å². The molecule has 3 aromatic heterocycles. The number of aromatic nitrogens is 2. The van der Waals surface area contributed by atoms with E-state index in [0.29, 0.717) is 36.0 Å². The van der Waals surface area contributed by atoms with Crippen LogP contribution in [0.3, 0.4) is 0 Å². The summed E-state index contributed by atoms with van der Waals surface area (Å²) in [5.74, 6) is 0.255. The third-order valence-electron chi connectivity index (χ3n) is 5.35. The zero-order valence-electron chi connectivity index (χ0n) is 17.9. The van der Waals surface area contributed by atoms with Crippen molar-refractivity contribution in [1.29, 1.82) is 0 Å². The molecule has 0 unspecified atom stereocenters. The highest BCUT2D eigenvalue weighted by atomic mass is 35.5. The molecule has 2 amide bonds. The minimum Gasteiger partial charge on any atom is -0.467 e. The number of fused-ring (bicyclic) bond motifs is 1. The summed E-state index contributed by atoms with van der Waals surface area (Å²) in [6, 6.07) is 16.7. The summed E-state index contributed by atoms with van der Waals surface area (Å²) in [6.07, 6.45) is 4.17. The molecule has 0 spiro atoms. The van der Waals surface area contributed by atoms with Crippen LogP contribution in [0.1, 0.15) is 11.5 Å². The van der Waals surface area contributed by atoms with Gasteiger partial charge in [-0.3, -0.25) is 4.40 Å². The van der Waals surface area contributed by atoms with Crippen LogP contribution in [0.5, 0.6) is 0 Å². The molecule has 5 rings (SSSR count). The molecule has 1 N–H and O–H groups in total. The van der Waals surface area contributed by atoms with E-state index in [-0.39, 0.29) is 6.03 Å². The molecule has 0 aliphatic rings. The number of furan rings is 1. The largest absolute Gasteiger partial charge is 0.467 e. The maximum absolute atomic E-state index is 13.6. The summed E-state index contributed by atoms with van der Waals surface area (Å²) in [5.41, 5.74) is 3.28. The van der Waals surface area contributed by atoms with Crippen LogP contribution in [-0.4, -0.2) is 26.9 Å². The van der Waals surface area contributed by atoms with Crippen LogP contribution in [0.15, 0.2) is 82.9 Å². The van der Waals surface area contributed by atoms with Crippen LogP contribution in [-0.2, 0) is 13.0 Å². The van der Waals surface area contributed by atoms with Gasteiger partial charge in [-0.1, -0.05) is 29.8 Å². The first-order chi connectivity index (χ1) is 16.5. The molecule has 6 nitrogen and oxygen atoms in total. The number of hydrogen-bond donors (Lipinski definition) is 1. The Hall–Kier alpha value is -3.62. The van der Waals surface area contributed by atoms with Gasteiger partial charge in [0.1, 0.15) is 11.6 Å². The Bertz CT molecular complexity index is 1410. The summed E-state index contributed by atoms with van der Waals surface area (Å²) in [7, 11) is 0. The van der Waals surface area contributed by atoms with Crippen molar-refractivity contribution in [3.63, 3.8) is 0 Å². The van der Waals surface area contributed by atoms with Gasteiger partial charge in [-0.15, -0.1) is 11.3 Å². The molecule has 5 aromatic rings. The predicted molar refractivity (Wildman–Crippen MR) is 132 cm³/mol. The van der Waals surface area contributed by atoms with E-state index in [4.69, 9.17) is 21.0 Å². The number of urea groups is 1. The first kappa shape index (κ1) is 22.2.